The van der Waals surface area contributed by atoms with Crippen LogP contribution in [0.5, 0.6) is 0 Å². The number of nitrogens with zero attached hydrogens (tertiary/aromatic N) is 4. The van der Waals surface area contributed by atoms with Gasteiger partial charge in [-0.15, -0.1) is 16.4 Å². The normalized spacial score (nSPS) is 11.0. The SMILES string of the molecule is c1csc(-c2cn(-c3ccc4cnccc4c3)nn2)c1. The van der Waals surface area contributed by atoms with Crippen molar-refractivity contribution < 1.29 is 0 Å². The van der Waals surface area contributed by atoms with Gasteiger partial charge in [-0.25, -0.2) is 4.68 Å². The second kappa shape index (κ2) is 4.54. The highest BCUT2D eigenvalue weighted by Gasteiger charge is 2.06. The molecule has 0 atom stereocenters. The van der Waals surface area contributed by atoms with Crippen LogP contribution in [0.1, 0.15) is 0 Å². The van der Waals surface area contributed by atoms with Crippen LogP contribution in [0.15, 0.2) is 60.4 Å². The minimum atomic E-state index is 0.898. The Labute approximate surface area is 119 Å². The lowest BCUT2D eigenvalue weighted by atomic mass is 10.1. The van der Waals surface area contributed by atoms with Crippen LogP contribution in [0.3, 0.4) is 0 Å². The molecular weight excluding hydrogens is 268 g/mol. The number of fused-ring (bicyclic) bond motifs is 1. The van der Waals surface area contributed by atoms with Gasteiger partial charge in [0.25, 0.3) is 0 Å². The summed E-state index contributed by atoms with van der Waals surface area (Å²) in [6.45, 7) is 0. The summed E-state index contributed by atoms with van der Waals surface area (Å²) >= 11 is 1.66. The van der Waals surface area contributed by atoms with Crippen molar-refractivity contribution in [2.45, 2.75) is 0 Å². The van der Waals surface area contributed by atoms with E-state index in [0.29, 0.717) is 0 Å². The van der Waals surface area contributed by atoms with Crippen molar-refractivity contribution in [1.82, 2.24) is 20.0 Å². The predicted molar refractivity (Wildman–Crippen MR) is 80.0 cm³/mol. The van der Waals surface area contributed by atoms with Crippen LogP contribution in [0.2, 0.25) is 0 Å². The number of hydrogen-bond donors (Lipinski definition) is 0. The lowest BCUT2D eigenvalue weighted by molar-refractivity contribution is 0.805. The van der Waals surface area contributed by atoms with Crippen molar-refractivity contribution in [2.24, 2.45) is 0 Å². The maximum atomic E-state index is 4.23. The zero-order valence-corrected chi connectivity index (χ0v) is 11.3. The third kappa shape index (κ3) is 1.88. The molecule has 0 unspecified atom stereocenters. The number of benzene rings is 1. The van der Waals surface area contributed by atoms with E-state index in [4.69, 9.17) is 0 Å². The maximum Gasteiger partial charge on any atom is 0.123 e. The van der Waals surface area contributed by atoms with Crippen molar-refractivity contribution in [3.8, 4) is 16.3 Å². The Hall–Kier alpha value is -2.53. The molecule has 0 N–H and O–H groups in total. The van der Waals surface area contributed by atoms with E-state index in [-0.39, 0.29) is 0 Å². The average Bonchev–Trinajstić information content (AvgIpc) is 3.17. The van der Waals surface area contributed by atoms with Crippen molar-refractivity contribution in [3.05, 3.63) is 60.4 Å². The quantitative estimate of drug-likeness (QED) is 0.563. The molecule has 0 saturated heterocycles. The number of hydrogen-bond acceptors (Lipinski definition) is 4. The Morgan fingerprint density at radius 1 is 1.05 bits per heavy atom. The molecule has 4 rings (SSSR count). The van der Waals surface area contributed by atoms with E-state index in [0.717, 1.165) is 27.0 Å². The van der Waals surface area contributed by atoms with Crippen LogP contribution < -0.4 is 0 Å². The van der Waals surface area contributed by atoms with Gasteiger partial charge in [-0.2, -0.15) is 0 Å². The molecule has 4 nitrogen and oxygen atoms in total. The van der Waals surface area contributed by atoms with E-state index >= 15 is 0 Å². The lowest BCUT2D eigenvalue weighted by Crippen LogP contribution is -1.94. The summed E-state index contributed by atoms with van der Waals surface area (Å²) in [6.07, 6.45) is 5.61. The van der Waals surface area contributed by atoms with Crippen LogP contribution in [0.25, 0.3) is 27.0 Å². The summed E-state index contributed by atoms with van der Waals surface area (Å²) < 4.78 is 1.80. The molecule has 3 heterocycles. The van der Waals surface area contributed by atoms with Crippen molar-refractivity contribution in [3.63, 3.8) is 0 Å². The first-order valence-electron chi connectivity index (χ1n) is 6.20. The monoisotopic (exact) mass is 278 g/mol. The fraction of sp³-hybridized carbons (Fsp3) is 0. The molecule has 0 amide bonds. The molecule has 0 aliphatic carbocycles. The first kappa shape index (κ1) is 11.3. The van der Waals surface area contributed by atoms with Gasteiger partial charge >= 0.3 is 0 Å². The van der Waals surface area contributed by atoms with Crippen molar-refractivity contribution in [1.29, 1.82) is 0 Å². The van der Waals surface area contributed by atoms with Gasteiger partial charge in [-0.3, -0.25) is 4.98 Å². The van der Waals surface area contributed by atoms with Gasteiger partial charge in [0.05, 0.1) is 16.8 Å². The Balaban J connectivity index is 1.79. The van der Waals surface area contributed by atoms with E-state index in [1.807, 2.05) is 48.1 Å². The van der Waals surface area contributed by atoms with Crippen LogP contribution in [-0.2, 0) is 0 Å². The molecule has 96 valence electrons. The van der Waals surface area contributed by atoms with Crippen LogP contribution in [-0.4, -0.2) is 20.0 Å². The molecule has 3 aromatic heterocycles. The predicted octanol–water partition coefficient (Wildman–Crippen LogP) is 3.54. The summed E-state index contributed by atoms with van der Waals surface area (Å²) in [5.41, 5.74) is 1.90. The van der Waals surface area contributed by atoms with Crippen LogP contribution in [0.4, 0.5) is 0 Å². The summed E-state index contributed by atoms with van der Waals surface area (Å²) in [5.74, 6) is 0. The maximum absolute atomic E-state index is 4.23. The van der Waals surface area contributed by atoms with E-state index in [2.05, 4.69) is 21.4 Å². The first-order valence-corrected chi connectivity index (χ1v) is 7.08. The summed E-state index contributed by atoms with van der Waals surface area (Å²) in [7, 11) is 0. The molecule has 0 aliphatic rings. The van der Waals surface area contributed by atoms with E-state index in [9.17, 15) is 0 Å². The highest BCUT2D eigenvalue weighted by molar-refractivity contribution is 7.13. The third-order valence-corrected chi connectivity index (χ3v) is 4.05. The van der Waals surface area contributed by atoms with Gasteiger partial charge in [0.2, 0.25) is 0 Å². The smallest absolute Gasteiger partial charge is 0.123 e. The van der Waals surface area contributed by atoms with Crippen LogP contribution in [0, 0.1) is 0 Å². The average molecular weight is 278 g/mol. The Morgan fingerprint density at radius 2 is 2.05 bits per heavy atom. The first-order chi connectivity index (χ1) is 9.90. The van der Waals surface area contributed by atoms with Gasteiger partial charge in [0.1, 0.15) is 5.69 Å². The molecule has 5 heteroatoms. The van der Waals surface area contributed by atoms with Gasteiger partial charge < -0.3 is 0 Å². The molecule has 0 aliphatic heterocycles. The van der Waals surface area contributed by atoms with Gasteiger partial charge in [0, 0.05) is 17.8 Å². The Kier molecular flexibility index (Phi) is 2.57. The van der Waals surface area contributed by atoms with E-state index < -0.39 is 0 Å². The lowest BCUT2D eigenvalue weighted by Gasteiger charge is -2.02. The largest absolute Gasteiger partial charge is 0.264 e. The van der Waals surface area contributed by atoms with E-state index in [1.165, 1.54) is 0 Å². The minimum Gasteiger partial charge on any atom is -0.264 e. The summed E-state index contributed by atoms with van der Waals surface area (Å²) in [5, 5.41) is 12.7. The number of pyridine rings is 1. The third-order valence-electron chi connectivity index (χ3n) is 3.16. The number of thiophene rings is 1. The zero-order valence-electron chi connectivity index (χ0n) is 10.5. The van der Waals surface area contributed by atoms with Gasteiger partial charge in [0.15, 0.2) is 0 Å². The number of rotatable bonds is 2. The molecule has 0 saturated carbocycles. The minimum absolute atomic E-state index is 0.898. The Bertz CT molecular complexity index is 864. The fourth-order valence-electron chi connectivity index (χ4n) is 2.14. The fourth-order valence-corrected chi connectivity index (χ4v) is 2.82. The zero-order chi connectivity index (χ0) is 13.4. The standard InChI is InChI=1S/C15H10N4S/c1-2-15(20-7-1)14-10-19(18-17-14)13-4-3-12-9-16-6-5-11(12)8-13/h1-10H. The van der Waals surface area contributed by atoms with Crippen molar-refractivity contribution >= 4 is 22.1 Å². The van der Waals surface area contributed by atoms with E-state index in [1.54, 1.807) is 22.2 Å². The molecule has 0 radical (unpaired) electrons. The van der Waals surface area contributed by atoms with Gasteiger partial charge in [-0.1, -0.05) is 17.3 Å². The molecule has 4 aromatic rings. The highest BCUT2D eigenvalue weighted by atomic mass is 32.1. The molecule has 0 bridgehead atoms. The molecule has 1 aromatic carbocycles. The summed E-state index contributed by atoms with van der Waals surface area (Å²) in [6, 6.07) is 12.2. The number of aromatic nitrogens is 4. The second-order valence-corrected chi connectivity index (χ2v) is 5.38. The molecule has 0 fully saturated rings. The van der Waals surface area contributed by atoms with Crippen LogP contribution >= 0.6 is 11.3 Å². The molecule has 0 spiro atoms. The second-order valence-electron chi connectivity index (χ2n) is 4.43. The Morgan fingerprint density at radius 3 is 2.95 bits per heavy atom. The van der Waals surface area contributed by atoms with Gasteiger partial charge in [-0.05, 0) is 35.0 Å². The highest BCUT2D eigenvalue weighted by Crippen LogP contribution is 2.23. The molecular formula is C15H10N4S. The summed E-state index contributed by atoms with van der Waals surface area (Å²) in [4.78, 5) is 5.25. The topological polar surface area (TPSA) is 43.6 Å². The van der Waals surface area contributed by atoms with Crippen molar-refractivity contribution in [2.75, 3.05) is 0 Å². The molecule has 20 heavy (non-hydrogen) atoms.